The summed E-state index contributed by atoms with van der Waals surface area (Å²) >= 11 is 0. The second-order valence-corrected chi connectivity index (χ2v) is 21.9. The van der Waals surface area contributed by atoms with Gasteiger partial charge in [-0.05, 0) is 64.6 Å². The lowest BCUT2D eigenvalue weighted by atomic mass is 9.79. The zero-order valence-electron chi connectivity index (χ0n) is 19.8. The Morgan fingerprint density at radius 1 is 0.375 bits per heavy atom. The predicted molar refractivity (Wildman–Crippen MR) is 151 cm³/mol. The lowest BCUT2D eigenvalue weighted by Crippen LogP contribution is -2.56. The first kappa shape index (κ1) is 18.8. The molecule has 2 heteroatoms. The molecule has 0 bridgehead atoms. The van der Waals surface area contributed by atoms with Crippen molar-refractivity contribution in [1.82, 2.24) is 0 Å². The molecule has 0 radical (unpaired) electrons. The summed E-state index contributed by atoms with van der Waals surface area (Å²) in [6, 6.07) is 23.6. The highest BCUT2D eigenvalue weighted by molar-refractivity contribution is 6.98. The summed E-state index contributed by atoms with van der Waals surface area (Å²) < 4.78 is 0. The van der Waals surface area contributed by atoms with E-state index in [1.165, 1.54) is 64.6 Å². The smallest absolute Gasteiger partial charge is 0.0656 e. The molecule has 0 N–H and O–H groups in total. The Morgan fingerprint density at radius 2 is 0.750 bits per heavy atom. The summed E-state index contributed by atoms with van der Waals surface area (Å²) in [5.41, 5.74) is 0. The van der Waals surface area contributed by atoms with Crippen molar-refractivity contribution in [2.45, 2.75) is 39.3 Å². The Balaban J connectivity index is 1.59. The summed E-state index contributed by atoms with van der Waals surface area (Å²) in [5, 5.41) is 21.0. The van der Waals surface area contributed by atoms with Gasteiger partial charge in [-0.3, -0.25) is 0 Å². The van der Waals surface area contributed by atoms with Gasteiger partial charge in [0.05, 0.1) is 16.1 Å². The quantitative estimate of drug-likeness (QED) is 0.237. The minimum absolute atomic E-state index is 1.40. The van der Waals surface area contributed by atoms with Crippen LogP contribution >= 0.6 is 0 Å². The van der Waals surface area contributed by atoms with Gasteiger partial charge in [-0.2, -0.15) is 0 Å². The normalized spacial score (nSPS) is 13.9. The Bertz CT molecular complexity index is 1800. The first-order chi connectivity index (χ1) is 15.2. The van der Waals surface area contributed by atoms with E-state index in [-0.39, 0.29) is 0 Å². The molecule has 7 aromatic carbocycles. The van der Waals surface area contributed by atoms with Crippen LogP contribution in [0.2, 0.25) is 39.3 Å². The monoisotopic (exact) mass is 444 g/mol. The van der Waals surface area contributed by atoms with Crippen LogP contribution in [0.1, 0.15) is 0 Å². The maximum absolute atomic E-state index is 2.60. The Hall–Kier alpha value is -2.69. The third-order valence-corrected chi connectivity index (χ3v) is 12.1. The third-order valence-electron chi connectivity index (χ3n) is 7.77. The first-order valence-electron chi connectivity index (χ1n) is 11.8. The highest BCUT2D eigenvalue weighted by atomic mass is 28.3. The van der Waals surface area contributed by atoms with Gasteiger partial charge in [-0.1, -0.05) is 110 Å². The van der Waals surface area contributed by atoms with Crippen LogP contribution in [-0.4, -0.2) is 16.1 Å². The van der Waals surface area contributed by atoms with Crippen molar-refractivity contribution in [2.24, 2.45) is 0 Å². The molecule has 0 unspecified atom stereocenters. The van der Waals surface area contributed by atoms with Crippen LogP contribution in [0.5, 0.6) is 0 Å². The lowest BCUT2D eigenvalue weighted by molar-refractivity contribution is 1.70. The van der Waals surface area contributed by atoms with Crippen molar-refractivity contribution in [2.75, 3.05) is 0 Å². The highest BCUT2D eigenvalue weighted by Crippen LogP contribution is 2.51. The topological polar surface area (TPSA) is 0 Å². The second kappa shape index (κ2) is 5.62. The third kappa shape index (κ3) is 2.13. The van der Waals surface area contributed by atoms with E-state index in [1.54, 1.807) is 10.4 Å². The van der Waals surface area contributed by atoms with Crippen molar-refractivity contribution in [3.63, 3.8) is 0 Å². The van der Waals surface area contributed by atoms with Gasteiger partial charge in [-0.25, -0.2) is 0 Å². The molecule has 0 saturated carbocycles. The van der Waals surface area contributed by atoms with Crippen LogP contribution in [0.15, 0.2) is 60.7 Å². The van der Waals surface area contributed by atoms with Crippen molar-refractivity contribution in [1.29, 1.82) is 0 Å². The number of rotatable bonds is 2. The molecule has 0 atom stereocenters. The van der Waals surface area contributed by atoms with E-state index in [4.69, 9.17) is 0 Å². The van der Waals surface area contributed by atoms with Gasteiger partial charge in [-0.15, -0.1) is 0 Å². The predicted octanol–water partition coefficient (Wildman–Crippen LogP) is 8.01. The van der Waals surface area contributed by atoms with Gasteiger partial charge >= 0.3 is 0 Å². The van der Waals surface area contributed by atoms with Gasteiger partial charge in [0.1, 0.15) is 0 Å². The minimum Gasteiger partial charge on any atom is -0.0656 e. The Kier molecular flexibility index (Phi) is 3.31. The maximum Gasteiger partial charge on any atom is 0.0774 e. The van der Waals surface area contributed by atoms with Gasteiger partial charge < -0.3 is 0 Å². The molecular formula is C30H28Si2. The average Bonchev–Trinajstić information content (AvgIpc) is 2.71. The average molecular weight is 445 g/mol. The number of fused-ring (bicyclic) bond motifs is 14. The van der Waals surface area contributed by atoms with E-state index in [0.717, 1.165) is 0 Å². The van der Waals surface area contributed by atoms with E-state index in [9.17, 15) is 0 Å². The zero-order valence-corrected chi connectivity index (χ0v) is 21.8. The molecule has 32 heavy (non-hydrogen) atoms. The minimum atomic E-state index is -1.43. The second-order valence-electron chi connectivity index (χ2n) is 11.8. The fourth-order valence-electron chi connectivity index (χ4n) is 6.21. The number of benzene rings is 4. The molecule has 0 heterocycles. The van der Waals surface area contributed by atoms with Gasteiger partial charge in [0, 0.05) is 0 Å². The van der Waals surface area contributed by atoms with E-state index in [0.29, 0.717) is 0 Å². The number of hydrogen-bond acceptors (Lipinski definition) is 0. The van der Waals surface area contributed by atoms with E-state index in [2.05, 4.69) is 99.9 Å². The Morgan fingerprint density at radius 3 is 1.31 bits per heavy atom. The summed E-state index contributed by atoms with van der Waals surface area (Å²) in [6.07, 6.45) is 0. The van der Waals surface area contributed by atoms with Gasteiger partial charge in [0.25, 0.3) is 0 Å². The summed E-state index contributed by atoms with van der Waals surface area (Å²) in [6.45, 7) is 15.0. The molecular weight excluding hydrogens is 417 g/mol. The molecule has 7 rings (SSSR count). The van der Waals surface area contributed by atoms with Crippen molar-refractivity contribution < 1.29 is 0 Å². The van der Waals surface area contributed by atoms with Crippen LogP contribution in [0.3, 0.4) is 0 Å². The molecule has 0 nitrogen and oxygen atoms in total. The molecule has 0 aliphatic heterocycles. The molecule has 0 aliphatic rings. The van der Waals surface area contributed by atoms with Crippen LogP contribution in [0.4, 0.5) is 0 Å². The molecule has 7 aromatic rings. The summed E-state index contributed by atoms with van der Waals surface area (Å²) in [4.78, 5) is 0. The van der Waals surface area contributed by atoms with Crippen LogP contribution in [0, 0.1) is 0 Å². The van der Waals surface area contributed by atoms with Gasteiger partial charge in [0.15, 0.2) is 0 Å². The fraction of sp³-hybridized carbons (Fsp3) is 0.200. The van der Waals surface area contributed by atoms with Crippen molar-refractivity contribution >= 4 is 91.2 Å². The molecule has 0 aliphatic carbocycles. The van der Waals surface area contributed by atoms with Crippen molar-refractivity contribution in [3.05, 3.63) is 60.7 Å². The van der Waals surface area contributed by atoms with E-state index in [1.807, 2.05) is 0 Å². The molecule has 0 aromatic heterocycles. The van der Waals surface area contributed by atoms with Crippen LogP contribution in [-0.2, 0) is 0 Å². The van der Waals surface area contributed by atoms with E-state index >= 15 is 0 Å². The molecule has 156 valence electrons. The van der Waals surface area contributed by atoms with Crippen LogP contribution < -0.4 is 10.4 Å². The maximum atomic E-state index is 2.60. The molecule has 0 fully saturated rings. The van der Waals surface area contributed by atoms with Gasteiger partial charge in [0.2, 0.25) is 0 Å². The standard InChI is InChI=1S/C30H28Si2/c1-31(2,3)25-15-23-20-12-14-22-29-21(13-11-19-17-9-7-8-10-18(17)27(19)29)30(22)28(20)24(23)16-26(25)32(4,5)6/h7-16H,1-6H3. The summed E-state index contributed by atoms with van der Waals surface area (Å²) in [7, 11) is -2.83. The Labute approximate surface area is 190 Å². The number of hydrogen-bond donors (Lipinski definition) is 0. The lowest BCUT2D eigenvalue weighted by Gasteiger charge is -2.31. The van der Waals surface area contributed by atoms with E-state index < -0.39 is 16.1 Å². The first-order valence-corrected chi connectivity index (χ1v) is 18.8. The SMILES string of the molecule is C[Si](C)(C)c1cc2c3ccc4c5c(ccc6c7ccccc7c65)c4c3c2cc1[Si](C)(C)C. The largest absolute Gasteiger partial charge is 0.0774 e. The summed E-state index contributed by atoms with van der Waals surface area (Å²) in [5.74, 6) is 0. The highest BCUT2D eigenvalue weighted by Gasteiger charge is 2.30. The molecule has 0 saturated heterocycles. The van der Waals surface area contributed by atoms with Crippen molar-refractivity contribution in [3.8, 4) is 0 Å². The van der Waals surface area contributed by atoms with Crippen LogP contribution in [0.25, 0.3) is 64.6 Å². The molecule has 0 amide bonds. The molecule has 0 spiro atoms. The fourth-order valence-corrected chi connectivity index (χ4v) is 11.4. The zero-order chi connectivity index (χ0) is 22.2.